The molecule has 0 N–H and O–H groups in total. The Bertz CT molecular complexity index is 7600. The van der Waals surface area contributed by atoms with Crippen LogP contribution >= 0.6 is 34.0 Å². The summed E-state index contributed by atoms with van der Waals surface area (Å²) in [4.78, 5) is 44.2. The number of hydrogen-bond donors (Lipinski definition) is 0. The predicted molar refractivity (Wildman–Crippen MR) is 498 cm³/mol. The summed E-state index contributed by atoms with van der Waals surface area (Å²) in [7, 11) is 0. The van der Waals surface area contributed by atoms with Gasteiger partial charge in [0, 0.05) is 111 Å². The smallest absolute Gasteiger partial charge is 0.164 e. The molecule has 558 valence electrons. The molecule has 0 saturated heterocycles. The average molecular weight is 1570 g/mol. The minimum absolute atomic E-state index is 0.660. The lowest BCUT2D eigenvalue weighted by molar-refractivity contribution is 1.07. The van der Waals surface area contributed by atoms with Crippen LogP contribution in [0, 0.1) is 0 Å². The summed E-state index contributed by atoms with van der Waals surface area (Å²) in [5, 5.41) is 12.5. The van der Waals surface area contributed by atoms with Crippen molar-refractivity contribution in [3.8, 4) is 136 Å². The quantitative estimate of drug-likeness (QED) is 0.118. The zero-order valence-corrected chi connectivity index (χ0v) is 66.4. The summed E-state index contributed by atoms with van der Waals surface area (Å²) < 4.78 is 7.88. The first-order chi connectivity index (χ1) is 58.9. The van der Waals surface area contributed by atoms with Crippen LogP contribution in [0.4, 0.5) is 0 Å². The van der Waals surface area contributed by atoms with Crippen LogP contribution in [0.3, 0.4) is 0 Å². The Morgan fingerprint density at radius 2 is 0.437 bits per heavy atom. The molecule has 0 fully saturated rings. The number of benzene rings is 17. The zero-order valence-electron chi connectivity index (χ0n) is 63.9. The monoisotopic (exact) mass is 1570 g/mol. The second kappa shape index (κ2) is 31.6. The van der Waals surface area contributed by atoms with Crippen molar-refractivity contribution in [3.63, 3.8) is 0 Å². The van der Waals surface area contributed by atoms with E-state index in [1.807, 2.05) is 186 Å². The third-order valence-electron chi connectivity index (χ3n) is 21.6. The second-order valence-corrected chi connectivity index (χ2v) is 32.3. The Balaban J connectivity index is 0.000000111. The fraction of sp³-hybridized carbons (Fsp3) is 0. The van der Waals surface area contributed by atoms with Crippen LogP contribution < -0.4 is 0 Å². The highest BCUT2D eigenvalue weighted by Crippen LogP contribution is 2.44. The summed E-state index contributed by atoms with van der Waals surface area (Å²) in [6.45, 7) is 0. The van der Waals surface area contributed by atoms with Gasteiger partial charge in [-0.25, -0.2) is 44.9 Å². The summed E-state index contributed by atoms with van der Waals surface area (Å²) >= 11 is 5.53. The first-order valence-electron chi connectivity index (χ1n) is 39.5. The molecule has 0 bridgehead atoms. The van der Waals surface area contributed by atoms with Gasteiger partial charge in [0.2, 0.25) is 0 Å². The molecule has 0 unspecified atom stereocenters. The zero-order chi connectivity index (χ0) is 79.0. The van der Waals surface area contributed by atoms with E-state index in [0.29, 0.717) is 52.4 Å². The Morgan fingerprint density at radius 1 is 0.134 bits per heavy atom. The summed E-state index contributed by atoms with van der Waals surface area (Å²) in [5.74, 6) is 5.99. The predicted octanol–water partition coefficient (Wildman–Crippen LogP) is 29.0. The maximum atomic E-state index is 5.00. The molecular weight excluding hydrogens is 1510 g/mol. The Morgan fingerprint density at radius 3 is 0.916 bits per heavy atom. The van der Waals surface area contributed by atoms with E-state index < -0.39 is 0 Å². The molecule has 119 heavy (non-hydrogen) atoms. The van der Waals surface area contributed by atoms with Gasteiger partial charge < -0.3 is 0 Å². The molecule has 9 nitrogen and oxygen atoms in total. The van der Waals surface area contributed by atoms with Crippen LogP contribution in [-0.4, -0.2) is 44.9 Å². The largest absolute Gasteiger partial charge is 0.208 e. The molecule has 0 radical (unpaired) electrons. The topological polar surface area (TPSA) is 116 Å². The van der Waals surface area contributed by atoms with E-state index in [2.05, 4.69) is 255 Å². The van der Waals surface area contributed by atoms with Crippen LogP contribution in [0.2, 0.25) is 0 Å². The van der Waals surface area contributed by atoms with E-state index >= 15 is 0 Å². The molecule has 6 heterocycles. The maximum absolute atomic E-state index is 5.00. The maximum Gasteiger partial charge on any atom is 0.164 e. The third-order valence-corrected chi connectivity index (χ3v) is 25.1. The molecule has 0 spiro atoms. The molecular formula is C107H67N9S3. The molecule has 0 aliphatic heterocycles. The van der Waals surface area contributed by atoms with Crippen molar-refractivity contribution in [2.75, 3.05) is 0 Å². The van der Waals surface area contributed by atoms with Gasteiger partial charge in [-0.05, 0) is 116 Å². The number of nitrogens with zero attached hydrogens (tertiary/aromatic N) is 9. The SMILES string of the molecule is c1ccc(-c2nc(-c3ccc(-c4cccc5sc6ccccc6c45)cc3)nc(-c3ccc4ccccc4c3)n2)cc1.c1ccc(-c2nc(-c3ccccc3)nc(-c3ccc(-c4ccc5sc6ccccc6c5c4)c4ccccc34)n2)cc1.c1ccc(-c2nc(-c3ccccc3)nc(-c3ccc(-c4ccc5sc6ccccc6c5c4)cc3)n2)cc1. The van der Waals surface area contributed by atoms with Gasteiger partial charge >= 0.3 is 0 Å². The minimum atomic E-state index is 0.660. The average Bonchev–Trinajstić information content (AvgIpc) is 1.75. The first-order valence-corrected chi connectivity index (χ1v) is 41.9. The van der Waals surface area contributed by atoms with E-state index in [-0.39, 0.29) is 0 Å². The molecule has 12 heteroatoms. The van der Waals surface area contributed by atoms with Crippen LogP contribution in [0.1, 0.15) is 0 Å². The van der Waals surface area contributed by atoms with Gasteiger partial charge in [-0.2, -0.15) is 0 Å². The molecule has 0 amide bonds. The molecule has 23 rings (SSSR count). The Kier molecular flexibility index (Phi) is 19.1. The van der Waals surface area contributed by atoms with E-state index in [0.717, 1.165) is 60.8 Å². The van der Waals surface area contributed by atoms with E-state index in [1.165, 1.54) is 105 Å². The number of rotatable bonds is 12. The van der Waals surface area contributed by atoms with Gasteiger partial charge in [0.15, 0.2) is 52.4 Å². The van der Waals surface area contributed by atoms with Crippen molar-refractivity contribution in [2.45, 2.75) is 0 Å². The third kappa shape index (κ3) is 14.4. The van der Waals surface area contributed by atoms with Crippen molar-refractivity contribution < 1.29 is 0 Å². The van der Waals surface area contributed by atoms with Gasteiger partial charge in [-0.1, -0.05) is 346 Å². The first kappa shape index (κ1) is 71.7. The number of hydrogen-bond acceptors (Lipinski definition) is 12. The minimum Gasteiger partial charge on any atom is -0.208 e. The second-order valence-electron chi connectivity index (χ2n) is 29.1. The highest BCUT2D eigenvalue weighted by molar-refractivity contribution is 7.26. The molecule has 0 aliphatic rings. The van der Waals surface area contributed by atoms with Gasteiger partial charge in [-0.15, -0.1) is 34.0 Å². The van der Waals surface area contributed by atoms with Crippen LogP contribution in [0.5, 0.6) is 0 Å². The van der Waals surface area contributed by atoms with E-state index in [9.17, 15) is 0 Å². The fourth-order valence-corrected chi connectivity index (χ4v) is 19.0. The lowest BCUT2D eigenvalue weighted by atomic mass is 9.94. The molecule has 0 saturated carbocycles. The van der Waals surface area contributed by atoms with Crippen molar-refractivity contribution >= 4 is 116 Å². The fourth-order valence-electron chi connectivity index (χ4n) is 15.7. The van der Waals surface area contributed by atoms with Crippen molar-refractivity contribution in [1.29, 1.82) is 0 Å². The van der Waals surface area contributed by atoms with Crippen LogP contribution in [0.25, 0.3) is 218 Å². The molecule has 17 aromatic carbocycles. The van der Waals surface area contributed by atoms with E-state index in [1.54, 1.807) is 0 Å². The number of aromatic nitrogens is 9. The normalized spacial score (nSPS) is 11.4. The summed E-state index contributed by atoms with van der Waals surface area (Å²) in [6.07, 6.45) is 0. The van der Waals surface area contributed by atoms with Crippen molar-refractivity contribution in [2.24, 2.45) is 0 Å². The van der Waals surface area contributed by atoms with Gasteiger partial charge in [-0.3, -0.25) is 0 Å². The summed E-state index contributed by atoms with van der Waals surface area (Å²) in [5.41, 5.74) is 15.9. The standard InChI is InChI=1S/2C37H23N3S.C33H21N3S/c1-3-11-24(12-4-1)35-38-36(25-13-5-2-6-14-25)40-37(39-35)31-21-20-27(28-15-7-8-16-29(28)31)26-19-22-34-32(23-26)30-17-9-10-18-33(30)41-34;1-2-10-26(11-3-1)35-38-36(40-37(39-35)29-22-17-24-9-4-5-12-28(24)23-29)27-20-18-25(19-21-27)30-14-8-16-33-34(30)31-13-6-7-15-32(31)41-33;1-3-9-23(10-4-1)31-34-32(24-11-5-2-6-12-24)36-33(35-31)25-17-15-22(16-18-25)26-19-20-30-28(21-26)27-13-7-8-14-29(27)37-30/h2*1-23H;1-21H. The summed E-state index contributed by atoms with van der Waals surface area (Å²) in [6, 6.07) is 141. The van der Waals surface area contributed by atoms with Crippen LogP contribution in [0.15, 0.2) is 406 Å². The lowest BCUT2D eigenvalue weighted by Crippen LogP contribution is -2.00. The Labute approximate surface area is 698 Å². The van der Waals surface area contributed by atoms with Crippen LogP contribution in [-0.2, 0) is 0 Å². The highest BCUT2D eigenvalue weighted by atomic mass is 32.1. The molecule has 23 aromatic rings. The van der Waals surface area contributed by atoms with Crippen molar-refractivity contribution in [3.05, 3.63) is 406 Å². The molecule has 0 aliphatic carbocycles. The van der Waals surface area contributed by atoms with Crippen molar-refractivity contribution in [1.82, 2.24) is 44.9 Å². The number of fused-ring (bicyclic) bond motifs is 11. The Hall–Kier alpha value is -15.1. The molecule has 0 atom stereocenters. The molecule has 6 aromatic heterocycles. The lowest BCUT2D eigenvalue weighted by Gasteiger charge is -2.13. The van der Waals surface area contributed by atoms with Gasteiger partial charge in [0.1, 0.15) is 0 Å². The van der Waals surface area contributed by atoms with Gasteiger partial charge in [0.25, 0.3) is 0 Å². The highest BCUT2D eigenvalue weighted by Gasteiger charge is 2.21. The van der Waals surface area contributed by atoms with Gasteiger partial charge in [0.05, 0.1) is 0 Å². The van der Waals surface area contributed by atoms with E-state index in [4.69, 9.17) is 44.9 Å². The number of thiophene rings is 3.